The molecule has 3 nitrogen and oxygen atoms in total. The highest BCUT2D eigenvalue weighted by Gasteiger charge is 2.10. The first kappa shape index (κ1) is 15.5. The van der Waals surface area contributed by atoms with Crippen molar-refractivity contribution in [3.8, 4) is 5.75 Å². The van der Waals surface area contributed by atoms with E-state index >= 15 is 0 Å². The van der Waals surface area contributed by atoms with Gasteiger partial charge in [0.25, 0.3) is 0 Å². The number of ether oxygens (including phenoxy) is 1. The molecule has 1 aromatic heterocycles. The van der Waals surface area contributed by atoms with Gasteiger partial charge in [-0.05, 0) is 36.2 Å². The number of para-hydroxylation sites is 2. The van der Waals surface area contributed by atoms with Gasteiger partial charge in [0.1, 0.15) is 5.75 Å². The van der Waals surface area contributed by atoms with Crippen molar-refractivity contribution in [3.05, 3.63) is 77.9 Å². The summed E-state index contributed by atoms with van der Waals surface area (Å²) in [4.78, 5) is 11.2. The molecule has 0 atom stereocenters. The van der Waals surface area contributed by atoms with Crippen molar-refractivity contribution in [1.29, 1.82) is 0 Å². The minimum absolute atomic E-state index is 0.599. The van der Waals surface area contributed by atoms with Crippen LogP contribution in [0.2, 0.25) is 0 Å². The molecule has 0 aliphatic heterocycles. The summed E-state index contributed by atoms with van der Waals surface area (Å²) in [5, 5.41) is 2.56. The van der Waals surface area contributed by atoms with Crippen LogP contribution >= 0.6 is 0 Å². The summed E-state index contributed by atoms with van der Waals surface area (Å²) < 4.78 is 7.58. The Morgan fingerprint density at radius 3 is 2.16 bits per heavy atom. The maximum atomic E-state index is 11.2. The normalized spacial score (nSPS) is 11.1. The number of aldehydes is 1. The summed E-state index contributed by atoms with van der Waals surface area (Å²) in [6.07, 6.45) is 1.70. The Hall–Kier alpha value is -3.07. The first-order chi connectivity index (χ1) is 12.3. The first-order valence-corrected chi connectivity index (χ1v) is 8.40. The smallest absolute Gasteiger partial charge is 0.153 e. The molecule has 0 amide bonds. The van der Waals surface area contributed by atoms with Crippen molar-refractivity contribution in [2.45, 2.75) is 13.0 Å². The molecule has 0 spiro atoms. The lowest BCUT2D eigenvalue weighted by molar-refractivity contribution is 0.112. The highest BCUT2D eigenvalue weighted by Crippen LogP contribution is 2.29. The van der Waals surface area contributed by atoms with Crippen LogP contribution in [0.4, 0.5) is 0 Å². The summed E-state index contributed by atoms with van der Waals surface area (Å²) in [7, 11) is 1.58. The van der Waals surface area contributed by atoms with Gasteiger partial charge in [0.05, 0.1) is 12.7 Å². The van der Waals surface area contributed by atoms with E-state index in [1.54, 1.807) is 7.11 Å². The highest BCUT2D eigenvalue weighted by atomic mass is 16.5. The third-order valence-corrected chi connectivity index (χ3v) is 4.73. The number of aromatic nitrogens is 1. The van der Waals surface area contributed by atoms with Crippen molar-refractivity contribution in [3.63, 3.8) is 0 Å². The zero-order chi connectivity index (χ0) is 17.2. The fourth-order valence-corrected chi connectivity index (χ4v) is 3.52. The molecule has 0 saturated carbocycles. The van der Waals surface area contributed by atoms with Crippen molar-refractivity contribution >= 4 is 28.1 Å². The molecule has 0 saturated heterocycles. The molecular formula is C22H19NO2. The van der Waals surface area contributed by atoms with Gasteiger partial charge in [-0.1, -0.05) is 42.5 Å². The molecule has 0 fully saturated rings. The molecule has 0 radical (unpaired) electrons. The van der Waals surface area contributed by atoms with Crippen molar-refractivity contribution in [2.75, 3.05) is 7.11 Å². The number of aryl methyl sites for hydroxylation is 2. The van der Waals surface area contributed by atoms with Gasteiger partial charge in [0.15, 0.2) is 6.29 Å². The van der Waals surface area contributed by atoms with Gasteiger partial charge in [0, 0.05) is 28.4 Å². The molecule has 4 aromatic rings. The number of fused-ring (bicyclic) bond motifs is 3. The maximum Gasteiger partial charge on any atom is 0.153 e. The van der Waals surface area contributed by atoms with E-state index in [0.29, 0.717) is 11.3 Å². The van der Waals surface area contributed by atoms with Gasteiger partial charge in [-0.3, -0.25) is 4.79 Å². The van der Waals surface area contributed by atoms with Crippen LogP contribution in [0.25, 0.3) is 21.8 Å². The summed E-state index contributed by atoms with van der Waals surface area (Å²) in [5.74, 6) is 0.621. The molecular weight excluding hydrogens is 310 g/mol. The Labute approximate surface area is 146 Å². The number of carbonyl (C=O) groups is 1. The second-order valence-electron chi connectivity index (χ2n) is 6.13. The zero-order valence-corrected chi connectivity index (χ0v) is 14.1. The third kappa shape index (κ3) is 2.68. The molecule has 25 heavy (non-hydrogen) atoms. The molecule has 3 heteroatoms. The Balaban J connectivity index is 1.72. The molecule has 0 aliphatic rings. The van der Waals surface area contributed by atoms with E-state index in [4.69, 9.17) is 4.74 Å². The number of nitrogens with zero attached hydrogens (tertiary/aromatic N) is 1. The first-order valence-electron chi connectivity index (χ1n) is 8.40. The largest absolute Gasteiger partial charge is 0.496 e. The van der Waals surface area contributed by atoms with Crippen LogP contribution in [0.1, 0.15) is 15.9 Å². The van der Waals surface area contributed by atoms with E-state index in [-0.39, 0.29) is 0 Å². The zero-order valence-electron chi connectivity index (χ0n) is 14.1. The van der Waals surface area contributed by atoms with E-state index < -0.39 is 0 Å². The second-order valence-corrected chi connectivity index (χ2v) is 6.13. The second kappa shape index (κ2) is 6.44. The Morgan fingerprint density at radius 1 is 0.920 bits per heavy atom. The van der Waals surface area contributed by atoms with E-state index in [2.05, 4.69) is 53.1 Å². The average Bonchev–Trinajstić information content (AvgIpc) is 3.00. The molecule has 3 aromatic carbocycles. The number of rotatable bonds is 5. The Kier molecular flexibility index (Phi) is 3.98. The predicted molar refractivity (Wildman–Crippen MR) is 102 cm³/mol. The number of hydrogen-bond acceptors (Lipinski definition) is 2. The van der Waals surface area contributed by atoms with Crippen LogP contribution in [0.3, 0.4) is 0 Å². The Morgan fingerprint density at radius 2 is 1.56 bits per heavy atom. The average molecular weight is 329 g/mol. The molecule has 0 aliphatic carbocycles. The van der Waals surface area contributed by atoms with Crippen LogP contribution in [0.5, 0.6) is 5.75 Å². The van der Waals surface area contributed by atoms with Gasteiger partial charge < -0.3 is 9.30 Å². The van der Waals surface area contributed by atoms with E-state index in [1.165, 1.54) is 21.8 Å². The molecule has 4 rings (SSSR count). The van der Waals surface area contributed by atoms with Crippen LogP contribution in [0, 0.1) is 0 Å². The van der Waals surface area contributed by atoms with Gasteiger partial charge in [-0.15, -0.1) is 0 Å². The summed E-state index contributed by atoms with van der Waals surface area (Å²) in [6, 6.07) is 22.8. The quantitative estimate of drug-likeness (QED) is 0.490. The van der Waals surface area contributed by atoms with Gasteiger partial charge in [-0.2, -0.15) is 0 Å². The molecule has 0 bridgehead atoms. The highest BCUT2D eigenvalue weighted by molar-refractivity contribution is 6.07. The lowest BCUT2D eigenvalue weighted by atomic mass is 10.1. The van der Waals surface area contributed by atoms with E-state index in [9.17, 15) is 4.79 Å². The minimum Gasteiger partial charge on any atom is -0.496 e. The van der Waals surface area contributed by atoms with Gasteiger partial charge in [0.2, 0.25) is 0 Å². The SMILES string of the molecule is COc1ccc(CCn2c3ccccc3c3ccccc32)cc1C=O. The predicted octanol–water partition coefficient (Wildman–Crippen LogP) is 4.86. The van der Waals surface area contributed by atoms with Crippen molar-refractivity contribution < 1.29 is 9.53 Å². The van der Waals surface area contributed by atoms with Gasteiger partial charge in [-0.25, -0.2) is 0 Å². The number of carbonyl (C=O) groups excluding carboxylic acids is 1. The third-order valence-electron chi connectivity index (χ3n) is 4.73. The molecule has 0 unspecified atom stereocenters. The van der Waals surface area contributed by atoms with E-state index in [1.807, 2.05) is 18.2 Å². The topological polar surface area (TPSA) is 31.2 Å². The monoisotopic (exact) mass is 329 g/mol. The fourth-order valence-electron chi connectivity index (χ4n) is 3.52. The number of methoxy groups -OCH3 is 1. The molecule has 0 N–H and O–H groups in total. The maximum absolute atomic E-state index is 11.2. The number of benzene rings is 3. The standard InChI is InChI=1S/C22H19NO2/c1-25-22-11-10-16(14-17(22)15-24)12-13-23-20-8-4-2-6-18(20)19-7-3-5-9-21(19)23/h2-11,14-15H,12-13H2,1H3. The van der Waals surface area contributed by atoms with Crippen LogP contribution < -0.4 is 4.74 Å². The van der Waals surface area contributed by atoms with Crippen molar-refractivity contribution in [1.82, 2.24) is 4.57 Å². The molecule has 124 valence electrons. The summed E-state index contributed by atoms with van der Waals surface area (Å²) in [6.45, 7) is 0.860. The van der Waals surface area contributed by atoms with E-state index in [0.717, 1.165) is 24.8 Å². The van der Waals surface area contributed by atoms with Gasteiger partial charge >= 0.3 is 0 Å². The van der Waals surface area contributed by atoms with Crippen LogP contribution in [-0.2, 0) is 13.0 Å². The summed E-state index contributed by atoms with van der Waals surface area (Å²) in [5.41, 5.74) is 4.22. The lowest BCUT2D eigenvalue weighted by Gasteiger charge is -2.10. The lowest BCUT2D eigenvalue weighted by Crippen LogP contribution is -2.02. The van der Waals surface area contributed by atoms with Crippen LogP contribution in [0.15, 0.2) is 66.7 Å². The Bertz CT molecular complexity index is 1010. The van der Waals surface area contributed by atoms with Crippen LogP contribution in [-0.4, -0.2) is 18.0 Å². The fraction of sp³-hybridized carbons (Fsp3) is 0.136. The van der Waals surface area contributed by atoms with Crippen molar-refractivity contribution in [2.24, 2.45) is 0 Å². The minimum atomic E-state index is 0.599. The summed E-state index contributed by atoms with van der Waals surface area (Å²) >= 11 is 0. The molecule has 1 heterocycles. The number of hydrogen-bond donors (Lipinski definition) is 0.